The van der Waals surface area contributed by atoms with Gasteiger partial charge >= 0.3 is 0 Å². The van der Waals surface area contributed by atoms with Crippen LogP contribution in [0.25, 0.3) is 0 Å². The van der Waals surface area contributed by atoms with Crippen LogP contribution in [-0.2, 0) is 10.0 Å². The first-order chi connectivity index (χ1) is 13.0. The summed E-state index contributed by atoms with van der Waals surface area (Å²) in [5.74, 6) is 0.587. The van der Waals surface area contributed by atoms with Gasteiger partial charge in [0.05, 0.1) is 16.3 Å². The van der Waals surface area contributed by atoms with Gasteiger partial charge in [-0.3, -0.25) is 0 Å². The van der Waals surface area contributed by atoms with E-state index in [4.69, 9.17) is 0 Å². The molecule has 4 rings (SSSR count). The fourth-order valence-corrected chi connectivity index (χ4v) is 4.72. The quantitative estimate of drug-likeness (QED) is 0.608. The maximum atomic E-state index is 12.4. The Morgan fingerprint density at radius 2 is 1.85 bits per heavy atom. The van der Waals surface area contributed by atoms with E-state index in [1.807, 2.05) is 41.1 Å². The summed E-state index contributed by atoms with van der Waals surface area (Å²) < 4.78 is 28.8. The minimum absolute atomic E-state index is 0.127. The molecule has 2 aliphatic heterocycles. The lowest BCUT2D eigenvalue weighted by Gasteiger charge is -2.23. The van der Waals surface area contributed by atoms with E-state index in [1.165, 1.54) is 6.07 Å². The van der Waals surface area contributed by atoms with E-state index in [-0.39, 0.29) is 16.2 Å². The summed E-state index contributed by atoms with van der Waals surface area (Å²) in [7, 11) is -1.96. The van der Waals surface area contributed by atoms with Crippen LogP contribution in [0.4, 0.5) is 11.4 Å². The summed E-state index contributed by atoms with van der Waals surface area (Å²) in [4.78, 5) is 3.95. The first-order valence-corrected chi connectivity index (χ1v) is 9.74. The third kappa shape index (κ3) is 2.46. The summed E-state index contributed by atoms with van der Waals surface area (Å²) in [6.45, 7) is 4.28. The van der Waals surface area contributed by atoms with Crippen LogP contribution in [0.1, 0.15) is 5.56 Å². The SMILES string of the molecule is C=CCN1C(=C(C#N)C2=NS(=O)(=O)c3ccccc32)N(C)c2ccccc21. The zero-order valence-electron chi connectivity index (χ0n) is 14.6. The fraction of sp³-hybridized carbons (Fsp3) is 0.100. The Balaban J connectivity index is 1.99. The van der Waals surface area contributed by atoms with Gasteiger partial charge in [0, 0.05) is 19.2 Å². The zero-order valence-corrected chi connectivity index (χ0v) is 15.4. The Kier molecular flexibility index (Phi) is 3.86. The van der Waals surface area contributed by atoms with Gasteiger partial charge in [-0.15, -0.1) is 6.58 Å². The molecular formula is C20H16N4O2S. The molecule has 2 aliphatic rings. The van der Waals surface area contributed by atoms with Crippen LogP contribution < -0.4 is 9.80 Å². The van der Waals surface area contributed by atoms with E-state index >= 15 is 0 Å². The zero-order chi connectivity index (χ0) is 19.2. The van der Waals surface area contributed by atoms with Gasteiger partial charge in [0.25, 0.3) is 10.0 Å². The summed E-state index contributed by atoms with van der Waals surface area (Å²) in [6.07, 6.45) is 1.74. The Morgan fingerprint density at radius 1 is 1.19 bits per heavy atom. The predicted octanol–water partition coefficient (Wildman–Crippen LogP) is 3.06. The minimum atomic E-state index is -3.81. The normalized spacial score (nSPS) is 18.4. The van der Waals surface area contributed by atoms with E-state index in [9.17, 15) is 13.7 Å². The van der Waals surface area contributed by atoms with Gasteiger partial charge in [-0.1, -0.05) is 36.4 Å². The van der Waals surface area contributed by atoms with Gasteiger partial charge in [0.1, 0.15) is 23.2 Å². The number of benzene rings is 2. The standard InChI is InChI=1S/C20H16N4O2S/c1-3-12-24-17-10-6-5-9-16(17)23(2)20(24)15(13-21)19-14-8-4-7-11-18(14)27(25,26)22-19/h3-11H,1,12H2,2H3. The van der Waals surface area contributed by atoms with Crippen molar-refractivity contribution < 1.29 is 8.42 Å². The molecule has 0 spiro atoms. The largest absolute Gasteiger partial charge is 0.328 e. The molecule has 0 fully saturated rings. The van der Waals surface area contributed by atoms with Gasteiger partial charge in [0.2, 0.25) is 0 Å². The third-order valence-corrected chi connectivity index (χ3v) is 5.96. The lowest BCUT2D eigenvalue weighted by molar-refractivity contribution is 0.599. The fourth-order valence-electron chi connectivity index (χ4n) is 3.50. The van der Waals surface area contributed by atoms with E-state index < -0.39 is 10.0 Å². The van der Waals surface area contributed by atoms with E-state index in [0.717, 1.165) is 11.4 Å². The predicted molar refractivity (Wildman–Crippen MR) is 105 cm³/mol. The van der Waals surface area contributed by atoms with E-state index in [0.29, 0.717) is 17.9 Å². The molecule has 0 unspecified atom stereocenters. The Morgan fingerprint density at radius 3 is 2.56 bits per heavy atom. The van der Waals surface area contributed by atoms with Gasteiger partial charge in [-0.2, -0.15) is 18.1 Å². The number of allylic oxidation sites excluding steroid dienone is 1. The van der Waals surface area contributed by atoms with Crippen molar-refractivity contribution >= 4 is 27.1 Å². The average Bonchev–Trinajstić information content (AvgIpc) is 3.10. The van der Waals surface area contributed by atoms with Crippen molar-refractivity contribution in [3.63, 3.8) is 0 Å². The van der Waals surface area contributed by atoms with Crippen LogP contribution in [0.15, 0.2) is 81.9 Å². The number of hydrogen-bond acceptors (Lipinski definition) is 5. The first kappa shape index (κ1) is 17.1. The molecule has 7 heteroatoms. The molecule has 0 aliphatic carbocycles. The number of para-hydroxylation sites is 2. The number of anilines is 2. The van der Waals surface area contributed by atoms with Crippen LogP contribution in [-0.4, -0.2) is 27.7 Å². The topological polar surface area (TPSA) is 76.8 Å². The highest BCUT2D eigenvalue weighted by molar-refractivity contribution is 7.90. The monoisotopic (exact) mass is 376 g/mol. The molecule has 0 atom stereocenters. The van der Waals surface area contributed by atoms with Crippen molar-refractivity contribution in [1.82, 2.24) is 0 Å². The number of hydrogen-bond donors (Lipinski definition) is 0. The van der Waals surface area contributed by atoms with Crippen molar-refractivity contribution in [2.45, 2.75) is 4.90 Å². The average molecular weight is 376 g/mol. The molecule has 0 amide bonds. The molecule has 2 heterocycles. The summed E-state index contributed by atoms with van der Waals surface area (Å²) >= 11 is 0. The maximum absolute atomic E-state index is 12.4. The molecule has 0 N–H and O–H groups in total. The molecule has 2 aromatic rings. The third-order valence-electron chi connectivity index (χ3n) is 4.62. The minimum Gasteiger partial charge on any atom is -0.328 e. The highest BCUT2D eigenvalue weighted by atomic mass is 32.2. The number of nitriles is 1. The van der Waals surface area contributed by atoms with Crippen molar-refractivity contribution in [1.29, 1.82) is 5.26 Å². The summed E-state index contributed by atoms with van der Waals surface area (Å²) in [5.41, 5.74) is 2.69. The Labute approximate surface area is 158 Å². The second-order valence-corrected chi connectivity index (χ2v) is 7.74. The van der Waals surface area contributed by atoms with Gasteiger partial charge in [-0.05, 0) is 18.2 Å². The van der Waals surface area contributed by atoms with Crippen molar-refractivity contribution in [2.75, 3.05) is 23.4 Å². The highest BCUT2D eigenvalue weighted by Crippen LogP contribution is 2.42. The molecule has 27 heavy (non-hydrogen) atoms. The Bertz CT molecular complexity index is 1170. The first-order valence-electron chi connectivity index (χ1n) is 8.30. The number of fused-ring (bicyclic) bond motifs is 2. The smallest absolute Gasteiger partial charge is 0.283 e. The van der Waals surface area contributed by atoms with Crippen LogP contribution in [0.3, 0.4) is 0 Å². The molecule has 0 aromatic heterocycles. The summed E-state index contributed by atoms with van der Waals surface area (Å²) in [5, 5.41) is 9.96. The lowest BCUT2D eigenvalue weighted by atomic mass is 10.0. The Hall–Kier alpha value is -3.37. The highest BCUT2D eigenvalue weighted by Gasteiger charge is 2.37. The molecule has 6 nitrogen and oxygen atoms in total. The van der Waals surface area contributed by atoms with Gasteiger partial charge < -0.3 is 9.80 Å². The molecule has 2 aromatic carbocycles. The molecular weight excluding hydrogens is 360 g/mol. The second-order valence-electron chi connectivity index (χ2n) is 6.17. The van der Waals surface area contributed by atoms with Crippen LogP contribution in [0.2, 0.25) is 0 Å². The second kappa shape index (κ2) is 6.11. The van der Waals surface area contributed by atoms with Crippen LogP contribution >= 0.6 is 0 Å². The lowest BCUT2D eigenvalue weighted by Crippen LogP contribution is -2.29. The van der Waals surface area contributed by atoms with E-state index in [1.54, 1.807) is 24.3 Å². The van der Waals surface area contributed by atoms with Gasteiger partial charge in [0.15, 0.2) is 0 Å². The molecule has 0 saturated heterocycles. The molecule has 0 saturated carbocycles. The molecule has 134 valence electrons. The van der Waals surface area contributed by atoms with Crippen LogP contribution in [0, 0.1) is 11.3 Å². The van der Waals surface area contributed by atoms with Crippen molar-refractivity contribution in [2.24, 2.45) is 4.40 Å². The van der Waals surface area contributed by atoms with Crippen molar-refractivity contribution in [3.05, 3.63) is 78.1 Å². The van der Waals surface area contributed by atoms with Crippen LogP contribution in [0.5, 0.6) is 0 Å². The molecule has 0 bridgehead atoms. The number of nitrogens with zero attached hydrogens (tertiary/aromatic N) is 4. The van der Waals surface area contributed by atoms with Gasteiger partial charge in [-0.25, -0.2) is 0 Å². The number of rotatable bonds is 3. The van der Waals surface area contributed by atoms with Crippen molar-refractivity contribution in [3.8, 4) is 6.07 Å². The number of sulfonamides is 1. The maximum Gasteiger partial charge on any atom is 0.283 e. The summed E-state index contributed by atoms with van der Waals surface area (Å²) in [6, 6.07) is 16.5. The molecule has 0 radical (unpaired) electrons. The van der Waals surface area contributed by atoms with E-state index in [2.05, 4.69) is 17.0 Å².